The van der Waals surface area contributed by atoms with Crippen molar-refractivity contribution in [2.75, 3.05) is 13.2 Å². The van der Waals surface area contributed by atoms with Crippen molar-refractivity contribution in [2.45, 2.75) is 32.8 Å². The minimum absolute atomic E-state index is 0.0227. The van der Waals surface area contributed by atoms with Crippen LogP contribution in [-0.2, 0) is 16.8 Å². The van der Waals surface area contributed by atoms with E-state index in [1.807, 2.05) is 24.3 Å². The summed E-state index contributed by atoms with van der Waals surface area (Å²) >= 11 is 0. The molecule has 0 amide bonds. The molecule has 2 aromatic rings. The maximum Gasteiger partial charge on any atom is 0.345 e. The Kier molecular flexibility index (Phi) is 5.03. The molecule has 0 saturated carbocycles. The number of nitro benzene ring substituents is 1. The highest BCUT2D eigenvalue weighted by atomic mass is 16.6. The number of ether oxygens (including phenoxy) is 3. The van der Waals surface area contributed by atoms with Crippen LogP contribution in [0.4, 0.5) is 5.69 Å². The van der Waals surface area contributed by atoms with Gasteiger partial charge in [0.1, 0.15) is 25.4 Å². The van der Waals surface area contributed by atoms with Gasteiger partial charge < -0.3 is 14.2 Å². The van der Waals surface area contributed by atoms with Gasteiger partial charge in [0, 0.05) is 6.07 Å². The molecular weight excluding hydrogens is 350 g/mol. The highest BCUT2D eigenvalue weighted by Crippen LogP contribution is 2.37. The van der Waals surface area contributed by atoms with Gasteiger partial charge >= 0.3 is 5.97 Å². The highest BCUT2D eigenvalue weighted by molar-refractivity contribution is 5.95. The zero-order valence-corrected chi connectivity index (χ0v) is 15.5. The van der Waals surface area contributed by atoms with Gasteiger partial charge in [-0.1, -0.05) is 45.0 Å². The van der Waals surface area contributed by atoms with E-state index < -0.39 is 10.9 Å². The van der Waals surface area contributed by atoms with Crippen molar-refractivity contribution in [3.8, 4) is 11.5 Å². The van der Waals surface area contributed by atoms with E-state index in [1.54, 1.807) is 0 Å². The molecule has 1 aliphatic rings. The molecule has 0 aromatic heterocycles. The molecule has 1 heterocycles. The van der Waals surface area contributed by atoms with Crippen LogP contribution in [0.5, 0.6) is 11.5 Å². The number of rotatable bonds is 4. The lowest BCUT2D eigenvalue weighted by atomic mass is 9.87. The van der Waals surface area contributed by atoms with Gasteiger partial charge in [-0.2, -0.15) is 0 Å². The molecule has 0 saturated heterocycles. The van der Waals surface area contributed by atoms with Crippen molar-refractivity contribution in [1.82, 2.24) is 0 Å². The molecule has 0 atom stereocenters. The minimum atomic E-state index is -0.779. The summed E-state index contributed by atoms with van der Waals surface area (Å²) in [5, 5.41) is 11.3. The van der Waals surface area contributed by atoms with Gasteiger partial charge in [-0.05, 0) is 16.5 Å². The first-order valence-electron chi connectivity index (χ1n) is 8.60. The van der Waals surface area contributed by atoms with Crippen LogP contribution >= 0.6 is 0 Å². The molecule has 2 aromatic carbocycles. The molecular formula is C20H21NO6. The standard InChI is InChI=1S/C20H21NO6/c1-20(2,3)14-6-4-13(5-7-14)12-27-19(22)15-10-17-18(26-9-8-25-17)11-16(15)21(23)24/h4-7,10-11H,8-9,12H2,1-3H3. The molecule has 0 bridgehead atoms. The Balaban J connectivity index is 1.77. The fraction of sp³-hybridized carbons (Fsp3) is 0.350. The van der Waals surface area contributed by atoms with E-state index in [4.69, 9.17) is 14.2 Å². The molecule has 0 aliphatic carbocycles. The third-order valence-corrected chi connectivity index (χ3v) is 4.27. The van der Waals surface area contributed by atoms with Crippen molar-refractivity contribution in [2.24, 2.45) is 0 Å². The first-order valence-corrected chi connectivity index (χ1v) is 8.60. The molecule has 0 radical (unpaired) electrons. The molecule has 1 aliphatic heterocycles. The Labute approximate surface area is 157 Å². The third kappa shape index (κ3) is 4.19. The summed E-state index contributed by atoms with van der Waals surface area (Å²) in [5.74, 6) is -0.228. The Morgan fingerprint density at radius 3 is 2.26 bits per heavy atom. The normalized spacial score (nSPS) is 13.1. The van der Waals surface area contributed by atoms with E-state index in [1.165, 1.54) is 17.7 Å². The van der Waals surface area contributed by atoms with Crippen molar-refractivity contribution in [3.05, 3.63) is 63.2 Å². The van der Waals surface area contributed by atoms with E-state index in [0.717, 1.165) is 5.56 Å². The van der Waals surface area contributed by atoms with Gasteiger partial charge in [0.25, 0.3) is 5.69 Å². The van der Waals surface area contributed by atoms with Crippen LogP contribution in [0, 0.1) is 10.1 Å². The summed E-state index contributed by atoms with van der Waals surface area (Å²) in [5.41, 5.74) is 1.47. The second-order valence-electron chi connectivity index (χ2n) is 7.29. The number of hydrogen-bond donors (Lipinski definition) is 0. The minimum Gasteiger partial charge on any atom is -0.486 e. The van der Waals surface area contributed by atoms with Crippen LogP contribution in [-0.4, -0.2) is 24.1 Å². The lowest BCUT2D eigenvalue weighted by Crippen LogP contribution is -2.17. The quantitative estimate of drug-likeness (QED) is 0.458. The predicted molar refractivity (Wildman–Crippen MR) is 98.3 cm³/mol. The Bertz CT molecular complexity index is 867. The molecule has 0 fully saturated rings. The average molecular weight is 371 g/mol. The summed E-state index contributed by atoms with van der Waals surface area (Å²) in [6.07, 6.45) is 0. The van der Waals surface area contributed by atoms with Crippen LogP contribution in [0.1, 0.15) is 42.3 Å². The topological polar surface area (TPSA) is 87.9 Å². The fourth-order valence-corrected chi connectivity index (χ4v) is 2.72. The van der Waals surface area contributed by atoms with E-state index in [0.29, 0.717) is 19.0 Å². The summed E-state index contributed by atoms with van der Waals surface area (Å²) in [6.45, 7) is 6.99. The molecule has 27 heavy (non-hydrogen) atoms. The number of benzene rings is 2. The lowest BCUT2D eigenvalue weighted by Gasteiger charge is -2.19. The number of nitrogens with zero attached hydrogens (tertiary/aromatic N) is 1. The third-order valence-electron chi connectivity index (χ3n) is 4.27. The number of esters is 1. The smallest absolute Gasteiger partial charge is 0.345 e. The number of hydrogen-bond acceptors (Lipinski definition) is 6. The first kappa shape index (κ1) is 18.7. The summed E-state index contributed by atoms with van der Waals surface area (Å²) < 4.78 is 16.0. The molecule has 3 rings (SSSR count). The van der Waals surface area contributed by atoms with Gasteiger partial charge in [0.2, 0.25) is 0 Å². The average Bonchev–Trinajstić information content (AvgIpc) is 2.64. The predicted octanol–water partition coefficient (Wildman–Crippen LogP) is 4.02. The lowest BCUT2D eigenvalue weighted by molar-refractivity contribution is -0.385. The van der Waals surface area contributed by atoms with Gasteiger partial charge in [-0.25, -0.2) is 4.79 Å². The van der Waals surface area contributed by atoms with E-state index >= 15 is 0 Å². The van der Waals surface area contributed by atoms with Crippen molar-refractivity contribution in [3.63, 3.8) is 0 Å². The van der Waals surface area contributed by atoms with Crippen LogP contribution in [0.15, 0.2) is 36.4 Å². The zero-order chi connectivity index (χ0) is 19.6. The number of carbonyl (C=O) groups is 1. The molecule has 7 nitrogen and oxygen atoms in total. The highest BCUT2D eigenvalue weighted by Gasteiger charge is 2.27. The second kappa shape index (κ2) is 7.26. The van der Waals surface area contributed by atoms with Crippen LogP contribution in [0.25, 0.3) is 0 Å². The SMILES string of the molecule is CC(C)(C)c1ccc(COC(=O)c2cc3c(cc2[N+](=O)[O-])OCCO3)cc1. The molecule has 142 valence electrons. The van der Waals surface area contributed by atoms with Crippen LogP contribution in [0.3, 0.4) is 0 Å². The number of fused-ring (bicyclic) bond motifs is 1. The van der Waals surface area contributed by atoms with E-state index in [9.17, 15) is 14.9 Å². The number of carbonyl (C=O) groups excluding carboxylic acids is 1. The van der Waals surface area contributed by atoms with Crippen molar-refractivity contribution in [1.29, 1.82) is 0 Å². The zero-order valence-electron chi connectivity index (χ0n) is 15.5. The van der Waals surface area contributed by atoms with Crippen LogP contribution < -0.4 is 9.47 Å². The summed E-state index contributed by atoms with van der Waals surface area (Å²) in [7, 11) is 0. The molecule has 0 unspecified atom stereocenters. The largest absolute Gasteiger partial charge is 0.486 e. The first-order chi connectivity index (χ1) is 12.8. The van der Waals surface area contributed by atoms with Gasteiger partial charge in [0.05, 0.1) is 11.0 Å². The maximum atomic E-state index is 12.4. The number of nitro groups is 1. The Morgan fingerprint density at radius 2 is 1.70 bits per heavy atom. The molecule has 7 heteroatoms. The van der Waals surface area contributed by atoms with Gasteiger partial charge in [-0.3, -0.25) is 10.1 Å². The fourth-order valence-electron chi connectivity index (χ4n) is 2.72. The summed E-state index contributed by atoms with van der Waals surface area (Å²) in [4.78, 5) is 23.1. The molecule has 0 spiro atoms. The Morgan fingerprint density at radius 1 is 1.11 bits per heavy atom. The van der Waals surface area contributed by atoms with E-state index in [2.05, 4.69) is 20.8 Å². The molecule has 0 N–H and O–H groups in total. The van der Waals surface area contributed by atoms with E-state index in [-0.39, 0.29) is 29.0 Å². The van der Waals surface area contributed by atoms with Gasteiger partial charge in [0.15, 0.2) is 11.5 Å². The summed E-state index contributed by atoms with van der Waals surface area (Å²) in [6, 6.07) is 10.2. The van der Waals surface area contributed by atoms with Crippen molar-refractivity contribution < 1.29 is 23.9 Å². The van der Waals surface area contributed by atoms with Crippen LogP contribution in [0.2, 0.25) is 0 Å². The van der Waals surface area contributed by atoms with Crippen molar-refractivity contribution >= 4 is 11.7 Å². The Hall–Kier alpha value is -3.09. The maximum absolute atomic E-state index is 12.4. The second-order valence-corrected chi connectivity index (χ2v) is 7.29. The van der Waals surface area contributed by atoms with Gasteiger partial charge in [-0.15, -0.1) is 0 Å². The monoisotopic (exact) mass is 371 g/mol.